The first-order chi connectivity index (χ1) is 9.29. The van der Waals surface area contributed by atoms with Crippen molar-refractivity contribution < 1.29 is 19.4 Å². The maximum atomic E-state index is 11.8. The first-order valence-corrected chi connectivity index (χ1v) is 7.19. The third-order valence-electron chi connectivity index (χ3n) is 3.09. The molecule has 6 nitrogen and oxygen atoms in total. The van der Waals surface area contributed by atoms with Crippen LogP contribution in [0.25, 0.3) is 0 Å². The predicted octanol–water partition coefficient (Wildman–Crippen LogP) is 1.98. The number of aliphatic carboxylic acids is 1. The van der Waals surface area contributed by atoms with Crippen molar-refractivity contribution in [2.24, 2.45) is 17.6 Å². The number of alkyl carbamates (subject to hydrolysis) is 1. The van der Waals surface area contributed by atoms with Gasteiger partial charge in [-0.3, -0.25) is 0 Å². The van der Waals surface area contributed by atoms with Gasteiger partial charge in [0.05, 0.1) is 0 Å². The van der Waals surface area contributed by atoms with Gasteiger partial charge in [0, 0.05) is 0 Å². The quantitative estimate of drug-likeness (QED) is 0.563. The van der Waals surface area contributed by atoms with E-state index in [1.54, 1.807) is 0 Å². The summed E-state index contributed by atoms with van der Waals surface area (Å²) in [6.07, 6.45) is 0.855. The summed E-state index contributed by atoms with van der Waals surface area (Å²) in [5, 5.41) is 11.5. The minimum Gasteiger partial charge on any atom is -0.480 e. The molecule has 0 aliphatic heterocycles. The SMILES string of the molecule is CC(C)C(OC(=O)NC(CCCCN)C(=O)O)C(C)C. The van der Waals surface area contributed by atoms with Crippen LogP contribution in [-0.4, -0.2) is 35.9 Å². The van der Waals surface area contributed by atoms with Crippen molar-refractivity contribution in [1.82, 2.24) is 5.32 Å². The minimum atomic E-state index is -1.05. The first-order valence-electron chi connectivity index (χ1n) is 7.19. The van der Waals surface area contributed by atoms with E-state index in [4.69, 9.17) is 15.6 Å². The number of nitrogens with two attached hydrogens (primary N) is 1. The lowest BCUT2D eigenvalue weighted by molar-refractivity contribution is -0.139. The monoisotopic (exact) mass is 288 g/mol. The smallest absolute Gasteiger partial charge is 0.408 e. The van der Waals surface area contributed by atoms with Gasteiger partial charge in [-0.1, -0.05) is 27.7 Å². The molecule has 0 aromatic carbocycles. The molecule has 118 valence electrons. The van der Waals surface area contributed by atoms with E-state index >= 15 is 0 Å². The van der Waals surface area contributed by atoms with Gasteiger partial charge in [0.1, 0.15) is 12.1 Å². The number of carbonyl (C=O) groups is 2. The zero-order chi connectivity index (χ0) is 15.7. The predicted molar refractivity (Wildman–Crippen MR) is 77.4 cm³/mol. The van der Waals surface area contributed by atoms with Gasteiger partial charge in [0.15, 0.2) is 0 Å². The van der Waals surface area contributed by atoms with Crippen molar-refractivity contribution in [2.45, 2.75) is 59.1 Å². The lowest BCUT2D eigenvalue weighted by Gasteiger charge is -2.25. The van der Waals surface area contributed by atoms with Crippen molar-refractivity contribution in [3.8, 4) is 0 Å². The van der Waals surface area contributed by atoms with E-state index < -0.39 is 18.1 Å². The number of ether oxygens (including phenoxy) is 1. The van der Waals surface area contributed by atoms with E-state index in [1.807, 2.05) is 27.7 Å². The lowest BCUT2D eigenvalue weighted by atomic mass is 9.96. The molecule has 0 saturated carbocycles. The van der Waals surface area contributed by atoms with Crippen molar-refractivity contribution >= 4 is 12.1 Å². The number of amides is 1. The van der Waals surface area contributed by atoms with Crippen LogP contribution in [0.15, 0.2) is 0 Å². The number of hydrogen-bond acceptors (Lipinski definition) is 4. The molecule has 1 amide bonds. The lowest BCUT2D eigenvalue weighted by Crippen LogP contribution is -2.43. The first kappa shape index (κ1) is 18.7. The van der Waals surface area contributed by atoms with Gasteiger partial charge in [-0.25, -0.2) is 9.59 Å². The van der Waals surface area contributed by atoms with Crippen molar-refractivity contribution in [3.63, 3.8) is 0 Å². The summed E-state index contributed by atoms with van der Waals surface area (Å²) < 4.78 is 5.32. The van der Waals surface area contributed by atoms with E-state index in [1.165, 1.54) is 0 Å². The number of carboxylic acids is 1. The van der Waals surface area contributed by atoms with E-state index in [0.717, 1.165) is 6.42 Å². The molecule has 0 heterocycles. The van der Waals surface area contributed by atoms with Gasteiger partial charge in [0.2, 0.25) is 0 Å². The highest BCUT2D eigenvalue weighted by atomic mass is 16.6. The Morgan fingerprint density at radius 3 is 2.10 bits per heavy atom. The molecule has 6 heteroatoms. The molecule has 4 N–H and O–H groups in total. The third kappa shape index (κ3) is 7.33. The Bertz CT molecular complexity index is 298. The van der Waals surface area contributed by atoms with Crippen molar-refractivity contribution in [2.75, 3.05) is 6.54 Å². The van der Waals surface area contributed by atoms with Crippen LogP contribution in [0.3, 0.4) is 0 Å². The molecule has 0 bridgehead atoms. The molecule has 1 unspecified atom stereocenters. The minimum absolute atomic E-state index is 0.182. The van der Waals surface area contributed by atoms with Crippen LogP contribution in [0.5, 0.6) is 0 Å². The van der Waals surface area contributed by atoms with Crippen LogP contribution in [-0.2, 0) is 9.53 Å². The highest BCUT2D eigenvalue weighted by Crippen LogP contribution is 2.16. The summed E-state index contributed by atoms with van der Waals surface area (Å²) >= 11 is 0. The topological polar surface area (TPSA) is 102 Å². The number of carboxylic acid groups (broad SMARTS) is 1. The fourth-order valence-electron chi connectivity index (χ4n) is 2.09. The standard InChI is InChI=1S/C14H28N2O4/c1-9(2)12(10(3)4)20-14(19)16-11(13(17)18)7-5-6-8-15/h9-12H,5-8,15H2,1-4H3,(H,16,19)(H,17,18). The second-order valence-corrected chi connectivity index (χ2v) is 5.68. The Hall–Kier alpha value is -1.30. The molecule has 0 radical (unpaired) electrons. The maximum absolute atomic E-state index is 11.8. The largest absolute Gasteiger partial charge is 0.480 e. The molecular formula is C14H28N2O4. The summed E-state index contributed by atoms with van der Waals surface area (Å²) in [6.45, 7) is 8.38. The summed E-state index contributed by atoms with van der Waals surface area (Å²) in [4.78, 5) is 22.9. The van der Waals surface area contributed by atoms with E-state index in [-0.39, 0.29) is 17.9 Å². The second kappa shape index (κ2) is 9.58. The summed E-state index contributed by atoms with van der Waals surface area (Å²) in [6, 6.07) is -0.922. The summed E-state index contributed by atoms with van der Waals surface area (Å²) in [5.41, 5.74) is 5.37. The number of nitrogens with one attached hydrogen (secondary N) is 1. The third-order valence-corrected chi connectivity index (χ3v) is 3.09. The van der Waals surface area contributed by atoms with Gasteiger partial charge >= 0.3 is 12.1 Å². The fraction of sp³-hybridized carbons (Fsp3) is 0.857. The molecule has 0 fully saturated rings. The fourth-order valence-corrected chi connectivity index (χ4v) is 2.09. The zero-order valence-electron chi connectivity index (χ0n) is 12.9. The Balaban J connectivity index is 4.41. The molecule has 20 heavy (non-hydrogen) atoms. The molecular weight excluding hydrogens is 260 g/mol. The van der Waals surface area contributed by atoms with Gasteiger partial charge in [0.25, 0.3) is 0 Å². The maximum Gasteiger partial charge on any atom is 0.408 e. The van der Waals surface area contributed by atoms with E-state index in [2.05, 4.69) is 5.32 Å². The van der Waals surface area contributed by atoms with E-state index in [0.29, 0.717) is 19.4 Å². The van der Waals surface area contributed by atoms with Crippen LogP contribution in [0.1, 0.15) is 47.0 Å². The number of unbranched alkanes of at least 4 members (excludes halogenated alkanes) is 1. The van der Waals surface area contributed by atoms with Gasteiger partial charge < -0.3 is 20.9 Å². The van der Waals surface area contributed by atoms with Crippen LogP contribution in [0.4, 0.5) is 4.79 Å². The Morgan fingerprint density at radius 2 is 1.70 bits per heavy atom. The number of hydrogen-bond donors (Lipinski definition) is 3. The Morgan fingerprint density at radius 1 is 1.15 bits per heavy atom. The van der Waals surface area contributed by atoms with Gasteiger partial charge in [-0.2, -0.15) is 0 Å². The summed E-state index contributed by atoms with van der Waals surface area (Å²) in [5.74, 6) is -0.688. The molecule has 0 aliphatic rings. The molecule has 0 spiro atoms. The second-order valence-electron chi connectivity index (χ2n) is 5.68. The molecule has 1 atom stereocenters. The molecule has 0 saturated heterocycles. The number of carbonyl (C=O) groups excluding carboxylic acids is 1. The van der Waals surface area contributed by atoms with Gasteiger partial charge in [-0.05, 0) is 37.6 Å². The molecule has 0 aromatic heterocycles. The van der Waals surface area contributed by atoms with E-state index in [9.17, 15) is 9.59 Å². The highest BCUT2D eigenvalue weighted by Gasteiger charge is 2.25. The molecule has 0 aromatic rings. The highest BCUT2D eigenvalue weighted by molar-refractivity contribution is 5.79. The molecule has 0 aliphatic carbocycles. The average Bonchev–Trinajstić information content (AvgIpc) is 2.34. The van der Waals surface area contributed by atoms with Crippen LogP contribution in [0, 0.1) is 11.8 Å². The summed E-state index contributed by atoms with van der Waals surface area (Å²) in [7, 11) is 0. The number of rotatable bonds is 9. The molecule has 0 rings (SSSR count). The Labute approximate surface area is 121 Å². The Kier molecular flexibility index (Phi) is 8.96. The van der Waals surface area contributed by atoms with Gasteiger partial charge in [-0.15, -0.1) is 0 Å². The zero-order valence-corrected chi connectivity index (χ0v) is 12.9. The van der Waals surface area contributed by atoms with Crippen LogP contribution >= 0.6 is 0 Å². The van der Waals surface area contributed by atoms with Crippen LogP contribution < -0.4 is 11.1 Å². The van der Waals surface area contributed by atoms with Crippen molar-refractivity contribution in [3.05, 3.63) is 0 Å². The average molecular weight is 288 g/mol. The van der Waals surface area contributed by atoms with Crippen molar-refractivity contribution in [1.29, 1.82) is 0 Å². The normalized spacial score (nSPS) is 12.8. The van der Waals surface area contributed by atoms with Crippen LogP contribution in [0.2, 0.25) is 0 Å².